The topological polar surface area (TPSA) is 123 Å². The van der Waals surface area contributed by atoms with Crippen molar-refractivity contribution in [1.82, 2.24) is 5.32 Å². The van der Waals surface area contributed by atoms with E-state index in [4.69, 9.17) is 33.7 Å². The minimum Gasteiger partial charge on any atom is -0.495 e. The van der Waals surface area contributed by atoms with Crippen LogP contribution in [-0.4, -0.2) is 30.9 Å². The van der Waals surface area contributed by atoms with Crippen LogP contribution in [0.4, 0.5) is 11.4 Å². The first kappa shape index (κ1) is 23.4. The number of methoxy groups -OCH3 is 1. The third kappa shape index (κ3) is 4.14. The number of nitrogens with one attached hydrogen (secondary N) is 3. The number of primary amides is 1. The monoisotopic (exact) mass is 490 g/mol. The summed E-state index contributed by atoms with van der Waals surface area (Å²) in [4.78, 5) is 38.4. The van der Waals surface area contributed by atoms with Crippen LogP contribution in [0.15, 0.2) is 30.3 Å². The first-order chi connectivity index (χ1) is 15.6. The zero-order chi connectivity index (χ0) is 23.9. The third-order valence-corrected chi connectivity index (χ3v) is 6.72. The Labute approximate surface area is 201 Å². The van der Waals surface area contributed by atoms with Crippen LogP contribution >= 0.6 is 23.2 Å². The molecule has 2 aromatic carbocycles. The number of rotatable bonds is 6. The molecule has 1 saturated heterocycles. The summed E-state index contributed by atoms with van der Waals surface area (Å²) in [5.74, 6) is -1.53. The number of ether oxygens (including phenoxy) is 1. The van der Waals surface area contributed by atoms with E-state index in [0.717, 1.165) is 5.56 Å². The van der Waals surface area contributed by atoms with E-state index < -0.39 is 17.4 Å². The molecule has 33 heavy (non-hydrogen) atoms. The molecule has 2 heterocycles. The maximum atomic E-state index is 13.6. The Morgan fingerprint density at radius 3 is 2.70 bits per heavy atom. The van der Waals surface area contributed by atoms with Gasteiger partial charge in [-0.25, -0.2) is 0 Å². The summed E-state index contributed by atoms with van der Waals surface area (Å²) in [6.07, 6.45) is 0.844. The number of hydrogen-bond donors (Lipinski definition) is 4. The zero-order valence-electron chi connectivity index (χ0n) is 18.1. The number of carbonyl (C=O) groups is 3. The highest BCUT2D eigenvalue weighted by atomic mass is 35.5. The van der Waals surface area contributed by atoms with Crippen molar-refractivity contribution in [3.8, 4) is 5.75 Å². The largest absolute Gasteiger partial charge is 0.495 e. The molecule has 3 atom stereocenters. The van der Waals surface area contributed by atoms with Gasteiger partial charge in [0.15, 0.2) is 0 Å². The normalized spacial score (nSPS) is 23.3. The van der Waals surface area contributed by atoms with Crippen LogP contribution < -0.4 is 26.4 Å². The Balaban J connectivity index is 1.75. The molecule has 2 aliphatic heterocycles. The van der Waals surface area contributed by atoms with Gasteiger partial charge >= 0.3 is 0 Å². The molecule has 2 aromatic rings. The summed E-state index contributed by atoms with van der Waals surface area (Å²) < 4.78 is 5.34. The highest BCUT2D eigenvalue weighted by Crippen LogP contribution is 2.49. The highest BCUT2D eigenvalue weighted by Gasteiger charge is 2.60. The number of anilines is 2. The predicted octanol–water partition coefficient (Wildman–Crippen LogP) is 3.34. The molecule has 0 aliphatic carbocycles. The van der Waals surface area contributed by atoms with Gasteiger partial charge in [0.05, 0.1) is 18.7 Å². The lowest BCUT2D eigenvalue weighted by atomic mass is 9.79. The molecule has 0 saturated carbocycles. The molecule has 3 amide bonds. The lowest BCUT2D eigenvalue weighted by Crippen LogP contribution is -2.52. The van der Waals surface area contributed by atoms with E-state index in [1.54, 1.807) is 30.3 Å². The second kappa shape index (κ2) is 8.85. The molecule has 1 fully saturated rings. The number of benzene rings is 2. The van der Waals surface area contributed by atoms with Crippen LogP contribution in [0.2, 0.25) is 10.0 Å². The van der Waals surface area contributed by atoms with Gasteiger partial charge in [0.25, 0.3) is 0 Å². The van der Waals surface area contributed by atoms with Crippen LogP contribution in [0.5, 0.6) is 5.75 Å². The molecule has 1 spiro atoms. The predicted molar refractivity (Wildman–Crippen MR) is 127 cm³/mol. The van der Waals surface area contributed by atoms with Crippen molar-refractivity contribution in [2.75, 3.05) is 17.7 Å². The molecule has 10 heteroatoms. The lowest BCUT2D eigenvalue weighted by molar-refractivity contribution is -0.130. The molecule has 0 unspecified atom stereocenters. The van der Waals surface area contributed by atoms with Crippen molar-refractivity contribution in [3.05, 3.63) is 51.5 Å². The molecule has 0 radical (unpaired) electrons. The SMILES string of the molecule is COc1ccc(Cl)cc1NC(=O)[C@H]1C[C@H](CCC(N)=O)N[C@]12C(=O)Nc1c(C)cc(Cl)cc12. The van der Waals surface area contributed by atoms with E-state index >= 15 is 0 Å². The minimum absolute atomic E-state index is 0.132. The van der Waals surface area contributed by atoms with E-state index in [9.17, 15) is 14.4 Å². The molecule has 8 nitrogen and oxygen atoms in total. The van der Waals surface area contributed by atoms with E-state index in [0.29, 0.717) is 45.6 Å². The van der Waals surface area contributed by atoms with Gasteiger partial charge in [-0.3, -0.25) is 19.7 Å². The molecular weight excluding hydrogens is 467 g/mol. The molecule has 4 rings (SSSR count). The summed E-state index contributed by atoms with van der Waals surface area (Å²) in [5.41, 5.74) is 6.41. The van der Waals surface area contributed by atoms with Gasteiger partial charge in [-0.15, -0.1) is 0 Å². The number of carbonyl (C=O) groups excluding carboxylic acids is 3. The van der Waals surface area contributed by atoms with Crippen molar-refractivity contribution in [2.45, 2.75) is 37.8 Å². The van der Waals surface area contributed by atoms with Gasteiger partial charge in [-0.2, -0.15) is 0 Å². The number of amides is 3. The fourth-order valence-electron chi connectivity index (χ4n) is 4.79. The molecule has 2 aliphatic rings. The first-order valence-electron chi connectivity index (χ1n) is 10.5. The van der Waals surface area contributed by atoms with Crippen LogP contribution in [0.1, 0.15) is 30.4 Å². The number of halogens is 2. The summed E-state index contributed by atoms with van der Waals surface area (Å²) in [7, 11) is 1.49. The van der Waals surface area contributed by atoms with Crippen molar-refractivity contribution in [3.63, 3.8) is 0 Å². The number of fused-ring (bicyclic) bond motifs is 2. The fraction of sp³-hybridized carbons (Fsp3) is 0.348. The molecule has 5 N–H and O–H groups in total. The summed E-state index contributed by atoms with van der Waals surface area (Å²) in [6.45, 7) is 1.84. The maximum Gasteiger partial charge on any atom is 0.250 e. The Hall–Kier alpha value is -2.81. The van der Waals surface area contributed by atoms with Gasteiger partial charge in [0.2, 0.25) is 17.7 Å². The number of aryl methyl sites for hydroxylation is 1. The highest BCUT2D eigenvalue weighted by molar-refractivity contribution is 6.31. The standard InChI is InChI=1S/C23H24Cl2N4O4/c1-11-7-13(25)8-15-20(11)28-22(32)23(15)16(10-14(29-23)4-6-19(26)30)21(31)27-17-9-12(24)3-5-18(17)33-2/h3,5,7-9,14,16,29H,4,6,10H2,1-2H3,(H2,26,30)(H,27,31)(H,28,32)/t14-,16+,23-/m0/s1. The quantitative estimate of drug-likeness (QED) is 0.494. The smallest absolute Gasteiger partial charge is 0.250 e. The average Bonchev–Trinajstić information content (AvgIpc) is 3.27. The Morgan fingerprint density at radius 1 is 1.24 bits per heavy atom. The van der Waals surface area contributed by atoms with E-state index in [-0.39, 0.29) is 24.3 Å². The second-order valence-corrected chi connectivity index (χ2v) is 9.25. The van der Waals surface area contributed by atoms with Crippen molar-refractivity contribution in [2.24, 2.45) is 11.7 Å². The summed E-state index contributed by atoms with van der Waals surface area (Å²) >= 11 is 12.4. The average molecular weight is 491 g/mol. The number of hydrogen-bond acceptors (Lipinski definition) is 5. The molecule has 174 valence electrons. The van der Waals surface area contributed by atoms with Gasteiger partial charge in [-0.1, -0.05) is 23.2 Å². The van der Waals surface area contributed by atoms with Crippen LogP contribution in [0, 0.1) is 12.8 Å². The van der Waals surface area contributed by atoms with Gasteiger partial charge in [-0.05, 0) is 55.7 Å². The van der Waals surface area contributed by atoms with E-state index in [1.807, 2.05) is 6.92 Å². The zero-order valence-corrected chi connectivity index (χ0v) is 19.6. The summed E-state index contributed by atoms with van der Waals surface area (Å²) in [5, 5.41) is 10.0. The van der Waals surface area contributed by atoms with Crippen molar-refractivity contribution in [1.29, 1.82) is 0 Å². The molecular formula is C23H24Cl2N4O4. The molecule has 0 aromatic heterocycles. The minimum atomic E-state index is -1.34. The van der Waals surface area contributed by atoms with E-state index in [2.05, 4.69) is 16.0 Å². The first-order valence-corrected chi connectivity index (χ1v) is 11.2. The van der Waals surface area contributed by atoms with Crippen LogP contribution in [0.3, 0.4) is 0 Å². The molecule has 0 bridgehead atoms. The Morgan fingerprint density at radius 2 is 2.00 bits per heavy atom. The van der Waals surface area contributed by atoms with Crippen LogP contribution in [-0.2, 0) is 19.9 Å². The fourth-order valence-corrected chi connectivity index (χ4v) is 5.24. The second-order valence-electron chi connectivity index (χ2n) is 8.38. The van der Waals surface area contributed by atoms with E-state index in [1.165, 1.54) is 7.11 Å². The van der Waals surface area contributed by atoms with Crippen molar-refractivity contribution < 1.29 is 19.1 Å². The van der Waals surface area contributed by atoms with Crippen LogP contribution in [0.25, 0.3) is 0 Å². The third-order valence-electron chi connectivity index (χ3n) is 6.27. The maximum absolute atomic E-state index is 13.6. The number of nitrogens with two attached hydrogens (primary N) is 1. The van der Waals surface area contributed by atoms with Gasteiger partial charge in [0, 0.05) is 33.8 Å². The summed E-state index contributed by atoms with van der Waals surface area (Å²) in [6, 6.07) is 8.06. The van der Waals surface area contributed by atoms with Gasteiger partial charge in [0.1, 0.15) is 11.3 Å². The lowest BCUT2D eigenvalue weighted by Gasteiger charge is -2.29. The van der Waals surface area contributed by atoms with Gasteiger partial charge < -0.3 is 21.1 Å². The van der Waals surface area contributed by atoms with Crippen molar-refractivity contribution >= 4 is 52.3 Å². The Bertz CT molecular complexity index is 1160. The Kier molecular flexibility index (Phi) is 6.26.